The number of hydrogen-bond acceptors (Lipinski definition) is 3. The van der Waals surface area contributed by atoms with Gasteiger partial charge in [0.2, 0.25) is 0 Å². The van der Waals surface area contributed by atoms with Crippen molar-refractivity contribution in [3.63, 3.8) is 0 Å². The molecule has 0 spiro atoms. The van der Waals surface area contributed by atoms with Crippen LogP contribution in [-0.2, 0) is 16.1 Å². The third-order valence-electron chi connectivity index (χ3n) is 3.69. The van der Waals surface area contributed by atoms with Gasteiger partial charge in [0.25, 0.3) is 0 Å². The van der Waals surface area contributed by atoms with Gasteiger partial charge in [0.05, 0.1) is 0 Å². The fraction of sp³-hybridized carbons (Fsp3) is 0.375. The molecule has 1 aliphatic rings. The summed E-state index contributed by atoms with van der Waals surface area (Å²) >= 11 is 0.0556. The number of hydrogen-bond donors (Lipinski definition) is 1. The van der Waals surface area contributed by atoms with Gasteiger partial charge in [-0.3, -0.25) is 0 Å². The summed E-state index contributed by atoms with van der Waals surface area (Å²) in [7, 11) is 0. The number of ether oxygens (including phenoxy) is 1. The first kappa shape index (κ1) is 15.0. The summed E-state index contributed by atoms with van der Waals surface area (Å²) in [6.45, 7) is 6.41. The van der Waals surface area contributed by atoms with E-state index >= 15 is 0 Å². The Bertz CT molecular complexity index is 551. The Morgan fingerprint density at radius 2 is 1.90 bits per heavy atom. The molecule has 1 aromatic carbocycles. The Morgan fingerprint density at radius 1 is 1.25 bits per heavy atom. The first-order valence-corrected chi connectivity index (χ1v) is 8.48. The van der Waals surface area contributed by atoms with E-state index in [4.69, 9.17) is 10.1 Å². The zero-order valence-electron chi connectivity index (χ0n) is 12.0. The third kappa shape index (κ3) is 3.20. The molecule has 0 radical (unpaired) electrons. The average molecular weight is 336 g/mol. The van der Waals surface area contributed by atoms with E-state index in [9.17, 15) is 4.79 Å². The standard InChI is InChI=1S/C16H19NO2Se/c1-10-11(2)14(15(17)20-12(10)3)16(18)19-9-13-7-5-4-6-8-13/h4-8,12,14,17H,9H2,1-3H3. The van der Waals surface area contributed by atoms with Crippen molar-refractivity contribution in [2.45, 2.75) is 32.2 Å². The van der Waals surface area contributed by atoms with Crippen LogP contribution in [0.3, 0.4) is 0 Å². The van der Waals surface area contributed by atoms with Crippen molar-refractivity contribution >= 4 is 25.5 Å². The molecule has 4 heteroatoms. The van der Waals surface area contributed by atoms with Gasteiger partial charge < -0.3 is 0 Å². The SMILES string of the molecule is CC1=C(C)C(C(=O)OCc2ccccc2)C(=N)[Se]C1C. The molecular formula is C16H19NO2Se. The summed E-state index contributed by atoms with van der Waals surface area (Å²) < 4.78 is 5.92. The van der Waals surface area contributed by atoms with Gasteiger partial charge in [-0.05, 0) is 0 Å². The monoisotopic (exact) mass is 337 g/mol. The van der Waals surface area contributed by atoms with Crippen LogP contribution < -0.4 is 0 Å². The maximum atomic E-state index is 12.3. The number of carbonyl (C=O) groups excluding carboxylic acids is 1. The second-order valence-electron chi connectivity index (χ2n) is 5.02. The Hall–Kier alpha value is -1.38. The van der Waals surface area contributed by atoms with Crippen molar-refractivity contribution in [2.75, 3.05) is 0 Å². The van der Waals surface area contributed by atoms with Gasteiger partial charge in [-0.1, -0.05) is 0 Å². The zero-order chi connectivity index (χ0) is 14.7. The number of nitrogens with one attached hydrogen (secondary N) is 1. The first-order chi connectivity index (χ1) is 9.50. The normalized spacial score (nSPS) is 22.9. The van der Waals surface area contributed by atoms with Crippen molar-refractivity contribution in [1.29, 1.82) is 5.41 Å². The Balaban J connectivity index is 2.07. The van der Waals surface area contributed by atoms with Crippen LogP contribution in [0.25, 0.3) is 0 Å². The Kier molecular flexibility index (Phi) is 4.79. The van der Waals surface area contributed by atoms with Gasteiger partial charge in [0.1, 0.15) is 0 Å². The molecule has 2 rings (SSSR count). The van der Waals surface area contributed by atoms with Crippen LogP contribution in [0.1, 0.15) is 26.3 Å². The molecule has 0 fully saturated rings. The molecule has 2 unspecified atom stereocenters. The van der Waals surface area contributed by atoms with E-state index in [1.54, 1.807) is 0 Å². The molecule has 106 valence electrons. The van der Waals surface area contributed by atoms with E-state index in [0.717, 1.165) is 11.1 Å². The van der Waals surface area contributed by atoms with Crippen molar-refractivity contribution in [1.82, 2.24) is 0 Å². The summed E-state index contributed by atoms with van der Waals surface area (Å²) in [5.41, 5.74) is 3.21. The number of benzene rings is 1. The first-order valence-electron chi connectivity index (χ1n) is 6.63. The molecule has 1 aromatic rings. The summed E-state index contributed by atoms with van der Waals surface area (Å²) in [4.78, 5) is 12.7. The zero-order valence-corrected chi connectivity index (χ0v) is 13.7. The van der Waals surface area contributed by atoms with Crippen molar-refractivity contribution in [3.05, 3.63) is 47.0 Å². The van der Waals surface area contributed by atoms with Gasteiger partial charge in [-0.25, -0.2) is 0 Å². The molecule has 0 amide bonds. The average Bonchev–Trinajstić information content (AvgIpc) is 2.44. The predicted octanol–water partition coefficient (Wildman–Crippen LogP) is 3.19. The van der Waals surface area contributed by atoms with Crippen LogP contribution in [0.4, 0.5) is 0 Å². The fourth-order valence-corrected chi connectivity index (χ4v) is 4.61. The molecule has 1 aliphatic heterocycles. The second kappa shape index (κ2) is 6.38. The van der Waals surface area contributed by atoms with E-state index in [-0.39, 0.29) is 27.5 Å². The molecule has 0 saturated heterocycles. The summed E-state index contributed by atoms with van der Waals surface area (Å²) in [6, 6.07) is 9.64. The van der Waals surface area contributed by atoms with E-state index in [2.05, 4.69) is 13.8 Å². The summed E-state index contributed by atoms with van der Waals surface area (Å²) in [5, 5.41) is 8.10. The number of rotatable bonds is 3. The maximum absolute atomic E-state index is 12.3. The van der Waals surface area contributed by atoms with Crippen molar-refractivity contribution < 1.29 is 9.53 Å². The van der Waals surface area contributed by atoms with Gasteiger partial charge in [-0.15, -0.1) is 0 Å². The van der Waals surface area contributed by atoms with Crippen LogP contribution in [0, 0.1) is 11.3 Å². The number of carbonyl (C=O) groups is 1. The van der Waals surface area contributed by atoms with Crippen LogP contribution in [0.2, 0.25) is 4.82 Å². The molecule has 1 heterocycles. The third-order valence-corrected chi connectivity index (χ3v) is 6.20. The molecule has 20 heavy (non-hydrogen) atoms. The molecule has 0 saturated carbocycles. The fourth-order valence-electron chi connectivity index (χ4n) is 2.19. The molecule has 0 aromatic heterocycles. The van der Waals surface area contributed by atoms with Crippen molar-refractivity contribution in [3.8, 4) is 0 Å². The van der Waals surface area contributed by atoms with Gasteiger partial charge in [0.15, 0.2) is 0 Å². The molecule has 0 bridgehead atoms. The van der Waals surface area contributed by atoms with Gasteiger partial charge >= 0.3 is 126 Å². The molecular weight excluding hydrogens is 317 g/mol. The van der Waals surface area contributed by atoms with E-state index in [1.807, 2.05) is 37.3 Å². The van der Waals surface area contributed by atoms with Gasteiger partial charge in [-0.2, -0.15) is 0 Å². The molecule has 0 aliphatic carbocycles. The second-order valence-corrected chi connectivity index (χ2v) is 7.92. The minimum absolute atomic E-state index is 0.0556. The quantitative estimate of drug-likeness (QED) is 0.524. The number of esters is 1. The van der Waals surface area contributed by atoms with E-state index in [1.165, 1.54) is 5.57 Å². The topological polar surface area (TPSA) is 50.2 Å². The summed E-state index contributed by atoms with van der Waals surface area (Å²) in [5.74, 6) is -0.751. The molecule has 3 nitrogen and oxygen atoms in total. The van der Waals surface area contributed by atoms with Crippen LogP contribution in [0.15, 0.2) is 41.5 Å². The van der Waals surface area contributed by atoms with E-state index in [0.29, 0.717) is 9.43 Å². The Morgan fingerprint density at radius 3 is 2.55 bits per heavy atom. The van der Waals surface area contributed by atoms with Gasteiger partial charge in [0, 0.05) is 0 Å². The van der Waals surface area contributed by atoms with Crippen LogP contribution in [0.5, 0.6) is 0 Å². The van der Waals surface area contributed by atoms with Crippen molar-refractivity contribution in [2.24, 2.45) is 5.92 Å². The van der Waals surface area contributed by atoms with Crippen LogP contribution in [-0.4, -0.2) is 25.5 Å². The number of allylic oxidation sites excluding steroid dienone is 1. The summed E-state index contributed by atoms with van der Waals surface area (Å²) in [6.07, 6.45) is 0. The van der Waals surface area contributed by atoms with Crippen LogP contribution >= 0.6 is 0 Å². The van der Waals surface area contributed by atoms with E-state index < -0.39 is 5.92 Å². The predicted molar refractivity (Wildman–Crippen MR) is 81.0 cm³/mol. The molecule has 2 atom stereocenters. The molecule has 1 N–H and O–H groups in total. The Labute approximate surface area is 126 Å². The minimum atomic E-state index is -0.463.